The third kappa shape index (κ3) is 3.76. The molecule has 1 saturated heterocycles. The lowest BCUT2D eigenvalue weighted by molar-refractivity contribution is 0.519. The van der Waals surface area contributed by atoms with Crippen LogP contribution < -0.4 is 5.32 Å². The molecule has 1 unspecified atom stereocenters. The van der Waals surface area contributed by atoms with Gasteiger partial charge >= 0.3 is 0 Å². The molecule has 1 aromatic carbocycles. The Kier molecular flexibility index (Phi) is 4.40. The number of hydrogen-bond donors (Lipinski definition) is 1. The predicted molar refractivity (Wildman–Crippen MR) is 72.6 cm³/mol. The van der Waals surface area contributed by atoms with Gasteiger partial charge in [0.05, 0.1) is 11.5 Å². The number of rotatable bonds is 4. The highest BCUT2D eigenvalue weighted by Crippen LogP contribution is 2.19. The molecule has 2 rings (SSSR count). The first-order valence-electron chi connectivity index (χ1n) is 5.81. The van der Waals surface area contributed by atoms with Gasteiger partial charge in [-0.05, 0) is 42.6 Å². The molecule has 0 amide bonds. The lowest BCUT2D eigenvalue weighted by atomic mass is 10.1. The van der Waals surface area contributed by atoms with Gasteiger partial charge in [0.15, 0.2) is 9.84 Å². The Morgan fingerprint density at radius 1 is 1.44 bits per heavy atom. The lowest BCUT2D eigenvalue weighted by Crippen LogP contribution is -2.23. The maximum atomic E-state index is 13.0. The molecular weight excluding hydrogens is 321 g/mol. The summed E-state index contributed by atoms with van der Waals surface area (Å²) in [4.78, 5) is 0. The van der Waals surface area contributed by atoms with Crippen molar-refractivity contribution >= 4 is 25.8 Å². The van der Waals surface area contributed by atoms with Gasteiger partial charge in [0, 0.05) is 11.0 Å². The number of hydrogen-bond acceptors (Lipinski definition) is 3. The van der Waals surface area contributed by atoms with E-state index in [2.05, 4.69) is 21.2 Å². The van der Waals surface area contributed by atoms with Crippen molar-refractivity contribution in [1.82, 2.24) is 5.32 Å². The molecule has 0 saturated carbocycles. The molecular formula is C12H15BrFNO2S. The maximum absolute atomic E-state index is 13.0. The maximum Gasteiger partial charge on any atom is 0.150 e. The molecule has 0 aromatic heterocycles. The Morgan fingerprint density at radius 3 is 2.89 bits per heavy atom. The summed E-state index contributed by atoms with van der Waals surface area (Å²) >= 11 is 3.36. The van der Waals surface area contributed by atoms with E-state index in [0.717, 1.165) is 16.5 Å². The van der Waals surface area contributed by atoms with Crippen LogP contribution in [0.3, 0.4) is 0 Å². The average Bonchev–Trinajstić information content (AvgIpc) is 2.63. The highest BCUT2D eigenvalue weighted by atomic mass is 79.9. The molecule has 0 radical (unpaired) electrons. The van der Waals surface area contributed by atoms with Crippen LogP contribution in [0.15, 0.2) is 22.7 Å². The number of halogens is 2. The largest absolute Gasteiger partial charge is 0.312 e. The zero-order valence-electron chi connectivity index (χ0n) is 9.83. The fourth-order valence-electron chi connectivity index (χ4n) is 2.12. The van der Waals surface area contributed by atoms with Gasteiger partial charge in [-0.15, -0.1) is 0 Å². The van der Waals surface area contributed by atoms with Crippen LogP contribution >= 0.6 is 15.9 Å². The van der Waals surface area contributed by atoms with Crippen molar-refractivity contribution < 1.29 is 12.8 Å². The normalized spacial score (nSPS) is 22.2. The summed E-state index contributed by atoms with van der Waals surface area (Å²) in [6.07, 6.45) is 0.722. The fraction of sp³-hybridized carbons (Fsp3) is 0.500. The van der Waals surface area contributed by atoms with Gasteiger partial charge in [0.1, 0.15) is 5.82 Å². The summed E-state index contributed by atoms with van der Waals surface area (Å²) in [5, 5.41) is 3.19. The van der Waals surface area contributed by atoms with Crippen molar-refractivity contribution in [2.45, 2.75) is 13.0 Å². The monoisotopic (exact) mass is 335 g/mol. The third-order valence-corrected chi connectivity index (χ3v) is 5.69. The van der Waals surface area contributed by atoms with Crippen LogP contribution in [-0.2, 0) is 16.4 Å². The van der Waals surface area contributed by atoms with Gasteiger partial charge in [0.2, 0.25) is 0 Å². The van der Waals surface area contributed by atoms with Crippen LogP contribution in [0.25, 0.3) is 0 Å². The van der Waals surface area contributed by atoms with E-state index in [9.17, 15) is 12.8 Å². The van der Waals surface area contributed by atoms with Gasteiger partial charge in [-0.1, -0.05) is 15.9 Å². The van der Waals surface area contributed by atoms with Crippen molar-refractivity contribution in [2.24, 2.45) is 5.92 Å². The van der Waals surface area contributed by atoms with E-state index < -0.39 is 9.84 Å². The smallest absolute Gasteiger partial charge is 0.150 e. The molecule has 1 fully saturated rings. The molecule has 0 aliphatic carbocycles. The van der Waals surface area contributed by atoms with E-state index in [1.165, 1.54) is 12.1 Å². The zero-order chi connectivity index (χ0) is 13.2. The minimum absolute atomic E-state index is 0.183. The first-order valence-corrected chi connectivity index (χ1v) is 8.43. The Hall–Kier alpha value is -0.460. The SMILES string of the molecule is O=S1(=O)CCC(CNCc2cc(F)ccc2Br)C1. The van der Waals surface area contributed by atoms with Gasteiger partial charge in [-0.2, -0.15) is 0 Å². The van der Waals surface area contributed by atoms with E-state index in [4.69, 9.17) is 0 Å². The van der Waals surface area contributed by atoms with Crippen LogP contribution in [0, 0.1) is 11.7 Å². The summed E-state index contributed by atoms with van der Waals surface area (Å²) < 4.78 is 36.5. The van der Waals surface area contributed by atoms with Crippen molar-refractivity contribution in [1.29, 1.82) is 0 Å². The topological polar surface area (TPSA) is 46.2 Å². The minimum atomic E-state index is -2.81. The molecule has 0 bridgehead atoms. The van der Waals surface area contributed by atoms with Crippen LogP contribution in [0.4, 0.5) is 4.39 Å². The number of nitrogens with one attached hydrogen (secondary N) is 1. The van der Waals surface area contributed by atoms with Crippen molar-refractivity contribution in [3.05, 3.63) is 34.1 Å². The van der Waals surface area contributed by atoms with Gasteiger partial charge in [-0.3, -0.25) is 0 Å². The molecule has 1 aliphatic rings. The first kappa shape index (κ1) is 14.0. The number of benzene rings is 1. The Balaban J connectivity index is 1.84. The standard InChI is InChI=1S/C12H15BrFNO2S/c13-12-2-1-11(14)5-10(12)7-15-6-9-3-4-18(16,17)8-9/h1-2,5,9,15H,3-4,6-8H2. The van der Waals surface area contributed by atoms with Crippen molar-refractivity contribution in [3.8, 4) is 0 Å². The molecule has 18 heavy (non-hydrogen) atoms. The lowest BCUT2D eigenvalue weighted by Gasteiger charge is -2.10. The van der Waals surface area contributed by atoms with Crippen LogP contribution in [0.5, 0.6) is 0 Å². The van der Waals surface area contributed by atoms with Crippen LogP contribution in [-0.4, -0.2) is 26.5 Å². The Bertz CT molecular complexity index is 533. The van der Waals surface area contributed by atoms with Crippen LogP contribution in [0.2, 0.25) is 0 Å². The Labute approximate surface area is 115 Å². The summed E-state index contributed by atoms with van der Waals surface area (Å²) in [5.41, 5.74) is 0.843. The van der Waals surface area contributed by atoms with Crippen LogP contribution in [0.1, 0.15) is 12.0 Å². The highest BCUT2D eigenvalue weighted by molar-refractivity contribution is 9.10. The van der Waals surface area contributed by atoms with Gasteiger partial charge < -0.3 is 5.32 Å². The number of sulfone groups is 1. The second kappa shape index (κ2) is 5.67. The molecule has 0 spiro atoms. The molecule has 1 heterocycles. The van der Waals surface area contributed by atoms with E-state index in [1.807, 2.05) is 0 Å². The van der Waals surface area contributed by atoms with Gasteiger partial charge in [0.25, 0.3) is 0 Å². The third-order valence-electron chi connectivity index (χ3n) is 3.08. The second-order valence-corrected chi connectivity index (χ2v) is 7.72. The van der Waals surface area contributed by atoms with E-state index >= 15 is 0 Å². The highest BCUT2D eigenvalue weighted by Gasteiger charge is 2.27. The Morgan fingerprint density at radius 2 is 2.22 bits per heavy atom. The molecule has 1 aliphatic heterocycles. The molecule has 1 aromatic rings. The summed E-state index contributed by atoms with van der Waals surface area (Å²) in [7, 11) is -2.81. The van der Waals surface area contributed by atoms with E-state index in [-0.39, 0.29) is 17.5 Å². The quantitative estimate of drug-likeness (QED) is 0.916. The molecule has 6 heteroatoms. The molecule has 1 atom stereocenters. The predicted octanol–water partition coefficient (Wildman–Crippen LogP) is 2.11. The molecule has 3 nitrogen and oxygen atoms in total. The zero-order valence-corrected chi connectivity index (χ0v) is 12.2. The van der Waals surface area contributed by atoms with Crippen molar-refractivity contribution in [3.63, 3.8) is 0 Å². The summed E-state index contributed by atoms with van der Waals surface area (Å²) in [5.74, 6) is 0.480. The van der Waals surface area contributed by atoms with E-state index in [1.54, 1.807) is 6.07 Å². The van der Waals surface area contributed by atoms with Gasteiger partial charge in [-0.25, -0.2) is 12.8 Å². The summed E-state index contributed by atoms with van der Waals surface area (Å²) in [6.45, 7) is 1.19. The molecule has 1 N–H and O–H groups in total. The minimum Gasteiger partial charge on any atom is -0.312 e. The first-order chi connectivity index (χ1) is 8.46. The molecule has 100 valence electrons. The summed E-state index contributed by atoms with van der Waals surface area (Å²) in [6, 6.07) is 4.55. The average molecular weight is 336 g/mol. The fourth-order valence-corrected chi connectivity index (χ4v) is 4.37. The van der Waals surface area contributed by atoms with Crippen molar-refractivity contribution in [2.75, 3.05) is 18.1 Å². The second-order valence-electron chi connectivity index (χ2n) is 4.64. The van der Waals surface area contributed by atoms with E-state index in [0.29, 0.717) is 18.8 Å².